The van der Waals surface area contributed by atoms with E-state index in [0.29, 0.717) is 40.3 Å². The lowest BCUT2D eigenvalue weighted by Gasteiger charge is -2.16. The zero-order valence-electron chi connectivity index (χ0n) is 22.0. The summed E-state index contributed by atoms with van der Waals surface area (Å²) in [7, 11) is 0. The van der Waals surface area contributed by atoms with E-state index >= 15 is 0 Å². The third-order valence-corrected chi connectivity index (χ3v) is 4.99. The third-order valence-electron chi connectivity index (χ3n) is 4.99. The lowest BCUT2D eigenvalue weighted by molar-refractivity contribution is 0.0957. The molecule has 4 aromatic rings. The highest BCUT2D eigenvalue weighted by molar-refractivity contribution is 6.06. The summed E-state index contributed by atoms with van der Waals surface area (Å²) in [6.45, 7) is 3.57. The molecule has 162 valence electrons. The van der Waals surface area contributed by atoms with Gasteiger partial charge in [-0.3, -0.25) is 9.78 Å². The van der Waals surface area contributed by atoms with Gasteiger partial charge in [-0.2, -0.15) is 0 Å². The van der Waals surface area contributed by atoms with Gasteiger partial charge in [-0.05, 0) is 25.5 Å². The molecular formula is C24H25N7O. The predicted octanol–water partition coefficient (Wildman–Crippen LogP) is 3.76. The molecule has 0 aliphatic carbocycles. The fourth-order valence-corrected chi connectivity index (χ4v) is 3.37. The van der Waals surface area contributed by atoms with Crippen LogP contribution >= 0.6 is 0 Å². The SMILES string of the molecule is [2H]c1nc(C)nc([2H])c1-c1cc(NC[C@@H](C)c2cccc3c(C(=O)NC([2H])([2H])C)ccnc23)ncn1. The number of benzene rings is 1. The van der Waals surface area contributed by atoms with Gasteiger partial charge in [0.2, 0.25) is 0 Å². The van der Waals surface area contributed by atoms with Crippen molar-refractivity contribution in [3.05, 3.63) is 72.2 Å². The fraction of sp³-hybridized carbons (Fsp3) is 0.250. The van der Waals surface area contributed by atoms with Gasteiger partial charge in [-0.1, -0.05) is 25.1 Å². The van der Waals surface area contributed by atoms with Gasteiger partial charge in [0.25, 0.3) is 5.91 Å². The first-order chi connectivity index (χ1) is 17.0. The Hall–Kier alpha value is -3.94. The highest BCUT2D eigenvalue weighted by atomic mass is 16.1. The predicted molar refractivity (Wildman–Crippen MR) is 124 cm³/mol. The molecule has 8 heteroatoms. The molecule has 0 fully saturated rings. The number of carbonyl (C=O) groups excluding carboxylic acids is 1. The average molecular weight is 432 g/mol. The Balaban J connectivity index is 1.57. The van der Waals surface area contributed by atoms with Gasteiger partial charge in [-0.25, -0.2) is 19.9 Å². The summed E-state index contributed by atoms with van der Waals surface area (Å²) >= 11 is 0. The number of fused-ring (bicyclic) bond motifs is 1. The summed E-state index contributed by atoms with van der Waals surface area (Å²) in [5.41, 5.74) is 2.55. The summed E-state index contributed by atoms with van der Waals surface area (Å²) in [5.74, 6) is 0.336. The van der Waals surface area contributed by atoms with Gasteiger partial charge in [-0.15, -0.1) is 0 Å². The number of para-hydroxylation sites is 1. The van der Waals surface area contributed by atoms with Crippen LogP contribution < -0.4 is 10.6 Å². The van der Waals surface area contributed by atoms with Crippen LogP contribution in [0.2, 0.25) is 0 Å². The standard InChI is InChI=1S/C24H25N7O/c1-4-25-24(32)20-8-9-26-23-18(6-5-7-19(20)23)15(2)11-29-22-10-21(30-14-31-22)17-12-27-16(3)28-13-17/h5-10,12-15H,4,11H2,1-3H3,(H,25,32)(H,29,30,31)/t15-/m1/s1/i4D2,12D,13D. The quantitative estimate of drug-likeness (QED) is 0.459. The van der Waals surface area contributed by atoms with E-state index in [-0.39, 0.29) is 23.8 Å². The Morgan fingerprint density at radius 2 is 1.97 bits per heavy atom. The molecule has 2 N–H and O–H groups in total. The van der Waals surface area contributed by atoms with Crippen LogP contribution in [0.3, 0.4) is 0 Å². The lowest BCUT2D eigenvalue weighted by atomic mass is 9.96. The van der Waals surface area contributed by atoms with Crippen molar-refractivity contribution in [2.45, 2.75) is 26.7 Å². The van der Waals surface area contributed by atoms with E-state index in [1.165, 1.54) is 13.3 Å². The number of hydrogen-bond acceptors (Lipinski definition) is 7. The van der Waals surface area contributed by atoms with Crippen molar-refractivity contribution in [2.24, 2.45) is 0 Å². The van der Waals surface area contributed by atoms with Crippen molar-refractivity contribution in [3.63, 3.8) is 0 Å². The van der Waals surface area contributed by atoms with Crippen molar-refractivity contribution in [1.82, 2.24) is 30.2 Å². The number of nitrogens with zero attached hydrogens (tertiary/aromatic N) is 5. The second-order valence-corrected chi connectivity index (χ2v) is 7.25. The van der Waals surface area contributed by atoms with Crippen molar-refractivity contribution in [2.75, 3.05) is 18.4 Å². The van der Waals surface area contributed by atoms with Crippen LogP contribution in [-0.4, -0.2) is 43.9 Å². The summed E-state index contributed by atoms with van der Waals surface area (Å²) in [6, 6.07) is 8.81. The molecule has 0 radical (unpaired) electrons. The molecule has 0 saturated heterocycles. The maximum absolute atomic E-state index is 12.6. The van der Waals surface area contributed by atoms with Crippen LogP contribution in [0.4, 0.5) is 5.82 Å². The van der Waals surface area contributed by atoms with Gasteiger partial charge in [0, 0.05) is 57.3 Å². The molecule has 1 aromatic carbocycles. The molecule has 0 aliphatic rings. The Labute approximate surface area is 192 Å². The first-order valence-electron chi connectivity index (χ1n) is 12.1. The lowest BCUT2D eigenvalue weighted by Crippen LogP contribution is -2.23. The highest BCUT2D eigenvalue weighted by Crippen LogP contribution is 2.27. The summed E-state index contributed by atoms with van der Waals surface area (Å²) in [4.78, 5) is 33.6. The summed E-state index contributed by atoms with van der Waals surface area (Å²) < 4.78 is 31.5. The molecule has 0 bridgehead atoms. The zero-order chi connectivity index (χ0) is 26.0. The van der Waals surface area contributed by atoms with Gasteiger partial charge < -0.3 is 10.6 Å². The molecule has 32 heavy (non-hydrogen) atoms. The molecule has 4 rings (SSSR count). The van der Waals surface area contributed by atoms with Gasteiger partial charge in [0.05, 0.1) is 19.5 Å². The van der Waals surface area contributed by atoms with Gasteiger partial charge >= 0.3 is 0 Å². The summed E-state index contributed by atoms with van der Waals surface area (Å²) in [6.07, 6.45) is 2.77. The van der Waals surface area contributed by atoms with E-state index in [1.807, 2.05) is 19.1 Å². The third kappa shape index (κ3) is 4.54. The number of aryl methyl sites for hydroxylation is 1. The van der Waals surface area contributed by atoms with Gasteiger partial charge in [0.1, 0.15) is 18.0 Å². The minimum atomic E-state index is -1.84. The molecule has 0 aliphatic heterocycles. The van der Waals surface area contributed by atoms with E-state index in [4.69, 9.17) is 5.48 Å². The van der Waals surface area contributed by atoms with Crippen LogP contribution in [0.5, 0.6) is 0 Å². The van der Waals surface area contributed by atoms with Crippen LogP contribution in [0.25, 0.3) is 22.2 Å². The smallest absolute Gasteiger partial charge is 0.252 e. The van der Waals surface area contributed by atoms with Gasteiger partial charge in [0.15, 0.2) is 0 Å². The van der Waals surface area contributed by atoms with Crippen molar-refractivity contribution in [3.8, 4) is 11.3 Å². The number of hydrogen-bond donors (Lipinski definition) is 2. The van der Waals surface area contributed by atoms with Crippen LogP contribution in [0.1, 0.15) is 47.0 Å². The Morgan fingerprint density at radius 1 is 1.16 bits per heavy atom. The van der Waals surface area contributed by atoms with Crippen LogP contribution in [-0.2, 0) is 0 Å². The average Bonchev–Trinajstić information content (AvgIpc) is 2.80. The largest absolute Gasteiger partial charge is 0.369 e. The van der Waals surface area contributed by atoms with E-state index in [9.17, 15) is 4.79 Å². The number of amides is 1. The van der Waals surface area contributed by atoms with Crippen molar-refractivity contribution in [1.29, 1.82) is 0 Å². The van der Waals surface area contributed by atoms with Crippen molar-refractivity contribution >= 4 is 22.6 Å². The molecule has 0 unspecified atom stereocenters. The topological polar surface area (TPSA) is 106 Å². The monoisotopic (exact) mass is 431 g/mol. The molecule has 0 saturated carbocycles. The number of pyridine rings is 1. The molecule has 3 aromatic heterocycles. The van der Waals surface area contributed by atoms with Crippen LogP contribution in [0, 0.1) is 6.92 Å². The first kappa shape index (κ1) is 16.7. The second kappa shape index (κ2) is 9.47. The minimum absolute atomic E-state index is 0.0308. The molecule has 1 amide bonds. The fourth-order valence-electron chi connectivity index (χ4n) is 3.37. The Morgan fingerprint density at radius 3 is 2.75 bits per heavy atom. The first-order valence-corrected chi connectivity index (χ1v) is 10.1. The molecule has 8 nitrogen and oxygen atoms in total. The number of aromatic nitrogens is 5. The minimum Gasteiger partial charge on any atom is -0.369 e. The molecule has 3 heterocycles. The number of anilines is 1. The number of nitrogens with one attached hydrogen (secondary N) is 2. The normalized spacial score (nSPS) is 14.1. The molecule has 0 spiro atoms. The van der Waals surface area contributed by atoms with E-state index in [1.54, 1.807) is 31.3 Å². The van der Waals surface area contributed by atoms with E-state index in [0.717, 1.165) is 5.56 Å². The molecular weight excluding hydrogens is 402 g/mol. The maximum Gasteiger partial charge on any atom is 0.252 e. The second-order valence-electron chi connectivity index (χ2n) is 7.25. The Bertz CT molecular complexity index is 1420. The number of rotatable bonds is 7. The van der Waals surface area contributed by atoms with E-state index in [2.05, 4.69) is 35.6 Å². The summed E-state index contributed by atoms with van der Waals surface area (Å²) in [5, 5.41) is 6.26. The van der Waals surface area contributed by atoms with Crippen molar-refractivity contribution < 1.29 is 10.3 Å². The van der Waals surface area contributed by atoms with E-state index < -0.39 is 12.4 Å². The molecule has 1 atom stereocenters. The Kier molecular flexibility index (Phi) is 4.94. The van der Waals surface area contributed by atoms with Crippen LogP contribution in [0.15, 0.2) is 55.2 Å². The maximum atomic E-state index is 12.6. The zero-order valence-corrected chi connectivity index (χ0v) is 18.0. The highest BCUT2D eigenvalue weighted by Gasteiger charge is 2.15. The number of carbonyl (C=O) groups is 1.